The van der Waals surface area contributed by atoms with E-state index in [1.165, 1.54) is 23.3 Å². The highest BCUT2D eigenvalue weighted by Crippen LogP contribution is 2.36. The van der Waals surface area contributed by atoms with E-state index in [-0.39, 0.29) is 0 Å². The summed E-state index contributed by atoms with van der Waals surface area (Å²) in [6, 6.07) is 15.5. The fraction of sp³-hybridized carbons (Fsp3) is 0.412. The first-order valence-electron chi connectivity index (χ1n) is 14.5. The van der Waals surface area contributed by atoms with E-state index in [9.17, 15) is 13.2 Å². The third-order valence-corrected chi connectivity index (χ3v) is 7.95. The minimum Gasteiger partial charge on any atom is -0.342 e. The monoisotopic (exact) mass is 596 g/mol. The van der Waals surface area contributed by atoms with Gasteiger partial charge in [0.1, 0.15) is 11.7 Å². The molecule has 0 unspecified atom stereocenters. The Labute approximate surface area is 252 Å². The second kappa shape index (κ2) is 12.9. The maximum atomic E-state index is 13.4. The molecule has 1 heterocycles. The van der Waals surface area contributed by atoms with Crippen molar-refractivity contribution in [1.29, 1.82) is 0 Å². The minimum absolute atomic E-state index is 0.328. The largest absolute Gasteiger partial charge is 0.416 e. The fourth-order valence-corrected chi connectivity index (χ4v) is 5.76. The minimum atomic E-state index is -4.41. The van der Waals surface area contributed by atoms with Crippen LogP contribution in [0.5, 0.6) is 0 Å². The third-order valence-electron chi connectivity index (χ3n) is 7.66. The molecule has 0 aliphatic carbocycles. The number of amidine groups is 2. The first kappa shape index (κ1) is 31.6. The van der Waals surface area contributed by atoms with Crippen LogP contribution in [0.2, 0.25) is 5.02 Å². The zero-order chi connectivity index (χ0) is 30.8. The Kier molecular flexibility index (Phi) is 9.71. The van der Waals surface area contributed by atoms with Crippen molar-refractivity contribution in [3.8, 4) is 0 Å². The number of aryl methyl sites for hydroxylation is 2. The number of aliphatic imine (C=N–C) groups is 2. The van der Waals surface area contributed by atoms with Gasteiger partial charge in [0.25, 0.3) is 0 Å². The molecule has 4 nitrogen and oxygen atoms in total. The van der Waals surface area contributed by atoms with Crippen LogP contribution in [0.4, 0.5) is 24.5 Å². The van der Waals surface area contributed by atoms with Crippen LogP contribution in [0.25, 0.3) is 0 Å². The van der Waals surface area contributed by atoms with Crippen LogP contribution in [0.3, 0.4) is 0 Å². The van der Waals surface area contributed by atoms with Gasteiger partial charge < -0.3 is 9.80 Å². The molecule has 0 saturated carbocycles. The molecule has 0 radical (unpaired) electrons. The predicted molar refractivity (Wildman–Crippen MR) is 169 cm³/mol. The van der Waals surface area contributed by atoms with Gasteiger partial charge in [0.05, 0.1) is 28.6 Å². The molecule has 42 heavy (non-hydrogen) atoms. The number of para-hydroxylation sites is 1. The van der Waals surface area contributed by atoms with Gasteiger partial charge in [0, 0.05) is 18.7 Å². The van der Waals surface area contributed by atoms with Gasteiger partial charge in [-0.3, -0.25) is 0 Å². The molecule has 0 atom stereocenters. The number of benzene rings is 3. The molecule has 8 heteroatoms. The smallest absolute Gasteiger partial charge is 0.342 e. The molecule has 1 aliphatic heterocycles. The molecular formula is C34H40ClF3N4. The van der Waals surface area contributed by atoms with Gasteiger partial charge in [0.2, 0.25) is 0 Å². The van der Waals surface area contributed by atoms with Crippen LogP contribution >= 0.6 is 11.6 Å². The summed E-state index contributed by atoms with van der Waals surface area (Å²) in [5.74, 6) is 2.13. The van der Waals surface area contributed by atoms with E-state index in [1.807, 2.05) is 32.9 Å². The van der Waals surface area contributed by atoms with Crippen LogP contribution in [0.15, 0.2) is 64.6 Å². The van der Waals surface area contributed by atoms with Gasteiger partial charge in [-0.1, -0.05) is 75.7 Å². The molecule has 1 saturated heterocycles. The van der Waals surface area contributed by atoms with E-state index < -0.39 is 11.7 Å². The Morgan fingerprint density at radius 2 is 1.43 bits per heavy atom. The summed E-state index contributed by atoms with van der Waals surface area (Å²) >= 11 is 6.64. The average Bonchev–Trinajstić information content (AvgIpc) is 2.92. The molecule has 3 aromatic carbocycles. The quantitative estimate of drug-likeness (QED) is 0.217. The normalized spacial score (nSPS) is 15.3. The van der Waals surface area contributed by atoms with Gasteiger partial charge in [-0.2, -0.15) is 13.2 Å². The number of hydrogen-bond acceptors (Lipinski definition) is 2. The Hall–Kier alpha value is -3.32. The lowest BCUT2D eigenvalue weighted by molar-refractivity contribution is -0.137. The predicted octanol–water partition coefficient (Wildman–Crippen LogP) is 10.0. The van der Waals surface area contributed by atoms with E-state index >= 15 is 0 Å². The van der Waals surface area contributed by atoms with Crippen LogP contribution in [-0.4, -0.2) is 41.2 Å². The summed E-state index contributed by atoms with van der Waals surface area (Å²) in [7, 11) is 0. The number of hydrogen-bond donors (Lipinski definition) is 0. The van der Waals surface area contributed by atoms with Gasteiger partial charge in [-0.25, -0.2) is 9.98 Å². The molecule has 0 spiro atoms. The molecule has 0 aromatic heterocycles. The lowest BCUT2D eigenvalue weighted by Gasteiger charge is -2.38. The summed E-state index contributed by atoms with van der Waals surface area (Å²) < 4.78 is 40.1. The van der Waals surface area contributed by atoms with Crippen LogP contribution in [-0.2, 0) is 6.18 Å². The highest BCUT2D eigenvalue weighted by atomic mass is 35.5. The average molecular weight is 597 g/mol. The van der Waals surface area contributed by atoms with Gasteiger partial charge in [0.15, 0.2) is 0 Å². The summed E-state index contributed by atoms with van der Waals surface area (Å²) in [5, 5.41) is 0.509. The maximum absolute atomic E-state index is 13.4. The van der Waals surface area contributed by atoms with Crippen molar-refractivity contribution in [1.82, 2.24) is 9.80 Å². The van der Waals surface area contributed by atoms with E-state index in [0.29, 0.717) is 47.2 Å². The molecule has 0 bridgehead atoms. The Balaban J connectivity index is 1.76. The Morgan fingerprint density at radius 1 is 0.833 bits per heavy atom. The van der Waals surface area contributed by atoms with Crippen molar-refractivity contribution >= 4 is 34.6 Å². The van der Waals surface area contributed by atoms with Crippen LogP contribution in [0, 0.1) is 13.8 Å². The number of halogens is 4. The van der Waals surface area contributed by atoms with Crippen molar-refractivity contribution in [3.05, 3.63) is 93.0 Å². The van der Waals surface area contributed by atoms with Crippen LogP contribution in [0.1, 0.15) is 86.3 Å². The molecule has 0 amide bonds. The van der Waals surface area contributed by atoms with E-state index in [2.05, 4.69) is 55.7 Å². The van der Waals surface area contributed by atoms with E-state index in [0.717, 1.165) is 47.7 Å². The number of rotatable bonds is 5. The summed E-state index contributed by atoms with van der Waals surface area (Å²) in [6.45, 7) is 16.7. The summed E-state index contributed by atoms with van der Waals surface area (Å²) in [6.07, 6.45) is -3.57. The first-order chi connectivity index (χ1) is 19.8. The standard InChI is InChI=1S/C34H40ClF3N4/c1-21(2)28-10-8-11-29(22(3)4)32(28)39-25(7)41-16-9-17-42(20-41)33(26-12-14-27(15-13-26)34(36,37)38)40-31-24(6)18-23(5)19-30(31)35/h8,10-15,18-19,21-22H,9,16-17,20H2,1-7H3. The molecular weight excluding hydrogens is 557 g/mol. The van der Waals surface area contributed by atoms with Gasteiger partial charge in [-0.05, 0) is 79.5 Å². The van der Waals surface area contributed by atoms with Gasteiger partial charge in [-0.15, -0.1) is 0 Å². The third kappa shape index (κ3) is 7.17. The Morgan fingerprint density at radius 3 is 1.98 bits per heavy atom. The van der Waals surface area contributed by atoms with Crippen molar-refractivity contribution in [2.75, 3.05) is 19.8 Å². The highest BCUT2D eigenvalue weighted by Gasteiger charge is 2.31. The Bertz CT molecular complexity index is 1420. The SMILES string of the molecule is CC(=Nc1c(C(C)C)cccc1C(C)C)N1CCCN(C(=Nc2c(C)cc(C)cc2Cl)c2ccc(C(F)(F)F)cc2)C1. The first-order valence-corrected chi connectivity index (χ1v) is 14.8. The van der Waals surface area contributed by atoms with E-state index in [4.69, 9.17) is 21.6 Å². The highest BCUT2D eigenvalue weighted by molar-refractivity contribution is 6.33. The zero-order valence-electron chi connectivity index (χ0n) is 25.5. The van der Waals surface area contributed by atoms with Crippen molar-refractivity contribution in [2.24, 2.45) is 9.98 Å². The molecule has 4 rings (SSSR count). The number of nitrogens with zero attached hydrogens (tertiary/aromatic N) is 4. The van der Waals surface area contributed by atoms with Crippen molar-refractivity contribution in [3.63, 3.8) is 0 Å². The summed E-state index contributed by atoms with van der Waals surface area (Å²) in [4.78, 5) is 14.5. The van der Waals surface area contributed by atoms with Crippen LogP contribution < -0.4 is 0 Å². The molecule has 1 fully saturated rings. The lowest BCUT2D eigenvalue weighted by atomic mass is 9.93. The topological polar surface area (TPSA) is 31.2 Å². The molecule has 3 aromatic rings. The fourth-order valence-electron chi connectivity index (χ4n) is 5.39. The van der Waals surface area contributed by atoms with E-state index in [1.54, 1.807) is 0 Å². The van der Waals surface area contributed by atoms with Crippen molar-refractivity contribution in [2.45, 2.75) is 72.9 Å². The number of alkyl halides is 3. The second-order valence-electron chi connectivity index (χ2n) is 11.7. The zero-order valence-corrected chi connectivity index (χ0v) is 26.2. The molecule has 1 aliphatic rings. The lowest BCUT2D eigenvalue weighted by Crippen LogP contribution is -2.49. The van der Waals surface area contributed by atoms with Crippen molar-refractivity contribution < 1.29 is 13.2 Å². The molecule has 224 valence electrons. The summed E-state index contributed by atoms with van der Waals surface area (Å²) in [5.41, 5.74) is 5.90. The van der Waals surface area contributed by atoms with Gasteiger partial charge >= 0.3 is 6.18 Å². The maximum Gasteiger partial charge on any atom is 0.416 e. The second-order valence-corrected chi connectivity index (χ2v) is 12.1. The molecule has 0 N–H and O–H groups in total.